The van der Waals surface area contributed by atoms with Crippen molar-refractivity contribution in [3.8, 4) is 0 Å². The molecule has 27 heavy (non-hydrogen) atoms. The first-order chi connectivity index (χ1) is 13.0. The van der Waals surface area contributed by atoms with Crippen molar-refractivity contribution >= 4 is 11.8 Å². The maximum Gasteiger partial charge on any atom is 0.226 e. The van der Waals surface area contributed by atoms with E-state index < -0.39 is 0 Å². The summed E-state index contributed by atoms with van der Waals surface area (Å²) in [5.74, 6) is 2.67. The van der Waals surface area contributed by atoms with Gasteiger partial charge in [0.15, 0.2) is 0 Å². The first-order valence-corrected chi connectivity index (χ1v) is 10.7. The summed E-state index contributed by atoms with van der Waals surface area (Å²) < 4.78 is 0. The summed E-state index contributed by atoms with van der Waals surface area (Å²) >= 11 is 0. The number of amides is 2. The topological polar surface area (TPSA) is 58.2 Å². The summed E-state index contributed by atoms with van der Waals surface area (Å²) in [5.41, 5.74) is 1.03. The predicted molar refractivity (Wildman–Crippen MR) is 106 cm³/mol. The SMILES string of the molecule is CC(NC(=O)CCCNC(=O)C12CC3CC(CC(C3)C1)C2)c1ccccc1. The number of nitrogens with one attached hydrogen (secondary N) is 2. The third-order valence-corrected chi connectivity index (χ3v) is 7.06. The maximum atomic E-state index is 12.9. The van der Waals surface area contributed by atoms with E-state index in [1.54, 1.807) is 0 Å². The van der Waals surface area contributed by atoms with Crippen LogP contribution in [0.1, 0.15) is 69.9 Å². The summed E-state index contributed by atoms with van der Waals surface area (Å²) in [6.07, 6.45) is 8.51. The van der Waals surface area contributed by atoms with Crippen LogP contribution < -0.4 is 10.6 Å². The van der Waals surface area contributed by atoms with Crippen molar-refractivity contribution in [2.24, 2.45) is 23.2 Å². The van der Waals surface area contributed by atoms with Gasteiger partial charge in [-0.25, -0.2) is 0 Å². The molecule has 4 bridgehead atoms. The van der Waals surface area contributed by atoms with E-state index in [0.717, 1.165) is 42.6 Å². The van der Waals surface area contributed by atoms with Crippen LogP contribution in [-0.2, 0) is 9.59 Å². The fourth-order valence-electron chi connectivity index (χ4n) is 6.17. The van der Waals surface area contributed by atoms with E-state index in [1.165, 1.54) is 19.3 Å². The first kappa shape index (κ1) is 18.5. The highest BCUT2D eigenvalue weighted by Gasteiger charge is 2.54. The molecule has 0 aromatic heterocycles. The average molecular weight is 369 g/mol. The normalized spacial score (nSPS) is 32.1. The zero-order chi connectivity index (χ0) is 18.9. The molecule has 4 saturated carbocycles. The molecule has 0 spiro atoms. The van der Waals surface area contributed by atoms with E-state index in [9.17, 15) is 9.59 Å². The van der Waals surface area contributed by atoms with Gasteiger partial charge in [-0.15, -0.1) is 0 Å². The van der Waals surface area contributed by atoms with Crippen molar-refractivity contribution in [2.75, 3.05) is 6.54 Å². The summed E-state index contributed by atoms with van der Waals surface area (Å²) in [4.78, 5) is 25.1. The summed E-state index contributed by atoms with van der Waals surface area (Å²) in [7, 11) is 0. The molecular formula is C23H32N2O2. The Hall–Kier alpha value is -1.84. The van der Waals surface area contributed by atoms with Crippen LogP contribution in [0.3, 0.4) is 0 Å². The lowest BCUT2D eigenvalue weighted by molar-refractivity contribution is -0.146. The highest BCUT2D eigenvalue weighted by Crippen LogP contribution is 2.60. The van der Waals surface area contributed by atoms with Gasteiger partial charge in [0.25, 0.3) is 0 Å². The molecule has 4 nitrogen and oxygen atoms in total. The third kappa shape index (κ3) is 4.04. The van der Waals surface area contributed by atoms with E-state index in [1.807, 2.05) is 37.3 Å². The predicted octanol–water partition coefficient (Wildman–Crippen LogP) is 3.98. The lowest BCUT2D eigenvalue weighted by Gasteiger charge is -2.55. The van der Waals surface area contributed by atoms with E-state index >= 15 is 0 Å². The molecule has 146 valence electrons. The minimum absolute atomic E-state index is 0.0142. The zero-order valence-corrected chi connectivity index (χ0v) is 16.4. The Labute approximate surface area is 162 Å². The Morgan fingerprint density at radius 2 is 1.63 bits per heavy atom. The smallest absolute Gasteiger partial charge is 0.226 e. The molecule has 4 fully saturated rings. The molecule has 1 aromatic rings. The van der Waals surface area contributed by atoms with Gasteiger partial charge in [-0.3, -0.25) is 9.59 Å². The molecular weight excluding hydrogens is 336 g/mol. The van der Waals surface area contributed by atoms with Crippen LogP contribution >= 0.6 is 0 Å². The molecule has 2 amide bonds. The molecule has 4 aliphatic carbocycles. The molecule has 4 aliphatic rings. The molecule has 0 heterocycles. The van der Waals surface area contributed by atoms with Crippen LogP contribution in [0.25, 0.3) is 0 Å². The van der Waals surface area contributed by atoms with E-state index in [4.69, 9.17) is 0 Å². The molecule has 1 unspecified atom stereocenters. The Bertz CT molecular complexity index is 650. The Kier molecular flexibility index (Phi) is 5.25. The minimum atomic E-state index is -0.0845. The summed E-state index contributed by atoms with van der Waals surface area (Å²) in [6, 6.07) is 10.0. The zero-order valence-electron chi connectivity index (χ0n) is 16.4. The van der Waals surface area contributed by atoms with Crippen molar-refractivity contribution in [1.29, 1.82) is 0 Å². The lowest BCUT2D eigenvalue weighted by atomic mass is 9.49. The number of hydrogen-bond acceptors (Lipinski definition) is 2. The van der Waals surface area contributed by atoms with Crippen LogP contribution in [0.4, 0.5) is 0 Å². The largest absolute Gasteiger partial charge is 0.356 e. The van der Waals surface area contributed by atoms with E-state index in [-0.39, 0.29) is 23.3 Å². The number of carbonyl (C=O) groups excluding carboxylic acids is 2. The fraction of sp³-hybridized carbons (Fsp3) is 0.652. The Morgan fingerprint density at radius 3 is 2.22 bits per heavy atom. The van der Waals surface area contributed by atoms with Gasteiger partial charge in [-0.05, 0) is 75.2 Å². The van der Waals surface area contributed by atoms with Gasteiger partial charge in [0.2, 0.25) is 11.8 Å². The number of hydrogen-bond donors (Lipinski definition) is 2. The number of rotatable bonds is 7. The highest BCUT2D eigenvalue weighted by molar-refractivity contribution is 5.83. The van der Waals surface area contributed by atoms with Crippen LogP contribution in [0.5, 0.6) is 0 Å². The molecule has 0 aliphatic heterocycles. The molecule has 0 saturated heterocycles. The van der Waals surface area contributed by atoms with Gasteiger partial charge in [-0.2, -0.15) is 0 Å². The van der Waals surface area contributed by atoms with Gasteiger partial charge in [0, 0.05) is 18.4 Å². The van der Waals surface area contributed by atoms with Crippen molar-refractivity contribution < 1.29 is 9.59 Å². The van der Waals surface area contributed by atoms with Gasteiger partial charge >= 0.3 is 0 Å². The Morgan fingerprint density at radius 1 is 1.04 bits per heavy atom. The lowest BCUT2D eigenvalue weighted by Crippen LogP contribution is -2.53. The molecule has 1 aromatic carbocycles. The van der Waals surface area contributed by atoms with Gasteiger partial charge < -0.3 is 10.6 Å². The molecule has 2 N–H and O–H groups in total. The van der Waals surface area contributed by atoms with Crippen molar-refractivity contribution in [3.05, 3.63) is 35.9 Å². The van der Waals surface area contributed by atoms with Crippen LogP contribution in [0.15, 0.2) is 30.3 Å². The molecule has 4 heteroatoms. The van der Waals surface area contributed by atoms with Crippen molar-refractivity contribution in [1.82, 2.24) is 10.6 Å². The van der Waals surface area contributed by atoms with Crippen molar-refractivity contribution in [2.45, 2.75) is 64.3 Å². The molecule has 1 atom stereocenters. The van der Waals surface area contributed by atoms with Crippen LogP contribution in [-0.4, -0.2) is 18.4 Å². The van der Waals surface area contributed by atoms with Gasteiger partial charge in [0.1, 0.15) is 0 Å². The number of carbonyl (C=O) groups is 2. The van der Waals surface area contributed by atoms with E-state index in [2.05, 4.69) is 10.6 Å². The van der Waals surface area contributed by atoms with Crippen LogP contribution in [0.2, 0.25) is 0 Å². The van der Waals surface area contributed by atoms with Crippen molar-refractivity contribution in [3.63, 3.8) is 0 Å². The van der Waals surface area contributed by atoms with Gasteiger partial charge in [0.05, 0.1) is 6.04 Å². The average Bonchev–Trinajstić information content (AvgIpc) is 2.64. The van der Waals surface area contributed by atoms with E-state index in [0.29, 0.717) is 19.4 Å². The first-order valence-electron chi connectivity index (χ1n) is 10.7. The monoisotopic (exact) mass is 368 g/mol. The molecule has 0 radical (unpaired) electrons. The van der Waals surface area contributed by atoms with Crippen LogP contribution in [0, 0.1) is 23.2 Å². The molecule has 5 rings (SSSR count). The summed E-state index contributed by atoms with van der Waals surface area (Å²) in [5, 5.41) is 6.20. The maximum absolute atomic E-state index is 12.9. The highest BCUT2D eigenvalue weighted by atomic mass is 16.2. The standard InChI is InChI=1S/C23H32N2O2/c1-16(20-6-3-2-4-7-20)25-21(26)8-5-9-24-22(27)23-13-17-10-18(14-23)12-19(11-17)15-23/h2-4,6-7,16-19H,5,8-15H2,1H3,(H,24,27)(H,25,26). The summed E-state index contributed by atoms with van der Waals surface area (Å²) in [6.45, 7) is 2.61. The quantitative estimate of drug-likeness (QED) is 0.715. The second kappa shape index (κ2) is 7.65. The Balaban J connectivity index is 1.19. The second-order valence-electron chi connectivity index (χ2n) is 9.26. The third-order valence-electron chi connectivity index (χ3n) is 7.06. The second-order valence-corrected chi connectivity index (χ2v) is 9.26. The van der Waals surface area contributed by atoms with Gasteiger partial charge in [-0.1, -0.05) is 30.3 Å². The fourth-order valence-corrected chi connectivity index (χ4v) is 6.17. The number of benzene rings is 1. The minimum Gasteiger partial charge on any atom is -0.356 e.